The van der Waals surface area contributed by atoms with E-state index in [2.05, 4.69) is 25.3 Å². The third kappa shape index (κ3) is 15.2. The van der Waals surface area contributed by atoms with Gasteiger partial charge in [-0.1, -0.05) is 50.0 Å². The van der Waals surface area contributed by atoms with Gasteiger partial charge in [0, 0.05) is 0 Å². The Morgan fingerprint density at radius 3 is 1.50 bits per heavy atom. The summed E-state index contributed by atoms with van der Waals surface area (Å²) in [7, 11) is 0. The van der Waals surface area contributed by atoms with Gasteiger partial charge in [-0.15, -0.1) is 13.2 Å². The molecule has 0 aliphatic heterocycles. The fourth-order valence-electron chi connectivity index (χ4n) is 2.04. The lowest BCUT2D eigenvalue weighted by molar-refractivity contribution is 0.638. The summed E-state index contributed by atoms with van der Waals surface area (Å²) < 4.78 is 0. The van der Waals surface area contributed by atoms with Gasteiger partial charge in [0.1, 0.15) is 0 Å². The Morgan fingerprint density at radius 1 is 0.667 bits per heavy atom. The van der Waals surface area contributed by atoms with Gasteiger partial charge in [0.15, 0.2) is 0 Å². The molecule has 0 saturated carbocycles. The summed E-state index contributed by atoms with van der Waals surface area (Å²) in [5.41, 5.74) is 0. The third-order valence-electron chi connectivity index (χ3n) is 3.22. The molecule has 0 spiro atoms. The topological polar surface area (TPSA) is 0 Å². The molecule has 104 valence electrons. The van der Waals surface area contributed by atoms with Gasteiger partial charge in [0.25, 0.3) is 0 Å². The molecule has 0 N–H and O–H groups in total. The lowest BCUT2D eigenvalue weighted by Gasteiger charge is -2.00. The minimum atomic E-state index is 1.17. The summed E-state index contributed by atoms with van der Waals surface area (Å²) in [6.07, 6.45) is 24.6. The highest BCUT2D eigenvalue weighted by atomic mass is 14.0. The molecular formula is C18H32. The summed E-state index contributed by atoms with van der Waals surface area (Å²) in [5, 5.41) is 0. The molecule has 0 aromatic carbocycles. The van der Waals surface area contributed by atoms with Crippen LogP contribution in [-0.4, -0.2) is 0 Å². The van der Waals surface area contributed by atoms with Crippen molar-refractivity contribution in [3.05, 3.63) is 37.5 Å². The van der Waals surface area contributed by atoms with Crippen molar-refractivity contribution < 1.29 is 0 Å². The minimum Gasteiger partial charge on any atom is -0.103 e. The first-order valence-electron chi connectivity index (χ1n) is 7.78. The van der Waals surface area contributed by atoms with E-state index in [1.54, 1.807) is 0 Å². The highest BCUT2D eigenvalue weighted by Gasteiger charge is 1.90. The van der Waals surface area contributed by atoms with Gasteiger partial charge < -0.3 is 0 Å². The predicted octanol–water partition coefficient (Wildman–Crippen LogP) is 6.60. The van der Waals surface area contributed by atoms with Gasteiger partial charge in [-0.3, -0.25) is 0 Å². The van der Waals surface area contributed by atoms with Crippen molar-refractivity contribution in [1.29, 1.82) is 0 Å². The van der Waals surface area contributed by atoms with Crippen molar-refractivity contribution in [3.8, 4) is 0 Å². The van der Waals surface area contributed by atoms with Crippen LogP contribution in [-0.2, 0) is 0 Å². The van der Waals surface area contributed by atoms with E-state index in [0.717, 1.165) is 0 Å². The van der Waals surface area contributed by atoms with Gasteiger partial charge in [-0.05, 0) is 51.4 Å². The minimum absolute atomic E-state index is 1.17. The summed E-state index contributed by atoms with van der Waals surface area (Å²) in [6, 6.07) is 0. The molecule has 0 nitrogen and oxygen atoms in total. The highest BCUT2D eigenvalue weighted by molar-refractivity contribution is 4.82. The molecule has 0 aromatic heterocycles. The van der Waals surface area contributed by atoms with Gasteiger partial charge in [0.05, 0.1) is 0 Å². The Labute approximate surface area is 115 Å². The SMILES string of the molecule is C1=CCCCCCC1.C=CCCCCCCC=C. The van der Waals surface area contributed by atoms with Crippen LogP contribution in [0.15, 0.2) is 37.5 Å². The normalized spacial score (nSPS) is 14.9. The van der Waals surface area contributed by atoms with Gasteiger partial charge >= 0.3 is 0 Å². The molecule has 0 saturated heterocycles. The molecule has 1 aliphatic rings. The van der Waals surface area contributed by atoms with Crippen LogP contribution in [0.3, 0.4) is 0 Å². The van der Waals surface area contributed by atoms with Crippen LogP contribution in [0.1, 0.15) is 77.0 Å². The number of hydrogen-bond donors (Lipinski definition) is 0. The van der Waals surface area contributed by atoms with Crippen LogP contribution in [0.5, 0.6) is 0 Å². The van der Waals surface area contributed by atoms with E-state index in [1.165, 1.54) is 77.0 Å². The Morgan fingerprint density at radius 2 is 1.11 bits per heavy atom. The molecule has 1 rings (SSSR count). The van der Waals surface area contributed by atoms with E-state index in [0.29, 0.717) is 0 Å². The summed E-state index contributed by atoms with van der Waals surface area (Å²) >= 11 is 0. The molecule has 0 atom stereocenters. The maximum absolute atomic E-state index is 3.68. The average Bonchev–Trinajstić information content (AvgIpc) is 2.34. The second-order valence-corrected chi connectivity index (χ2v) is 5.03. The van der Waals surface area contributed by atoms with E-state index < -0.39 is 0 Å². The largest absolute Gasteiger partial charge is 0.103 e. The van der Waals surface area contributed by atoms with E-state index in [4.69, 9.17) is 0 Å². The number of unbranched alkanes of at least 4 members (excludes halogenated alkanes) is 5. The maximum Gasteiger partial charge on any atom is -0.0351 e. The smallest absolute Gasteiger partial charge is 0.0351 e. The molecule has 0 radical (unpaired) electrons. The van der Waals surface area contributed by atoms with Crippen molar-refractivity contribution >= 4 is 0 Å². The van der Waals surface area contributed by atoms with Crippen LogP contribution in [0.4, 0.5) is 0 Å². The Balaban J connectivity index is 0.000000327. The van der Waals surface area contributed by atoms with E-state index in [9.17, 15) is 0 Å². The fourth-order valence-corrected chi connectivity index (χ4v) is 2.04. The molecule has 18 heavy (non-hydrogen) atoms. The van der Waals surface area contributed by atoms with Crippen molar-refractivity contribution in [3.63, 3.8) is 0 Å². The molecule has 0 aromatic rings. The zero-order chi connectivity index (χ0) is 13.3. The first-order valence-corrected chi connectivity index (χ1v) is 7.78. The predicted molar refractivity (Wildman–Crippen MR) is 84.9 cm³/mol. The standard InChI is InChI=1S/C10H18.C8H14/c1-3-5-7-9-10-8-6-4-2;1-2-4-6-8-7-5-3-1/h3-4H,1-2,5-10H2;1-2H,3-8H2. The van der Waals surface area contributed by atoms with Crippen LogP contribution >= 0.6 is 0 Å². The van der Waals surface area contributed by atoms with E-state index >= 15 is 0 Å². The summed E-state index contributed by atoms with van der Waals surface area (Å²) in [4.78, 5) is 0. The molecule has 0 heterocycles. The van der Waals surface area contributed by atoms with Crippen molar-refractivity contribution in [1.82, 2.24) is 0 Å². The monoisotopic (exact) mass is 248 g/mol. The molecule has 0 unspecified atom stereocenters. The summed E-state index contributed by atoms with van der Waals surface area (Å²) in [6.45, 7) is 7.36. The van der Waals surface area contributed by atoms with Crippen LogP contribution in [0, 0.1) is 0 Å². The molecular weight excluding hydrogens is 216 g/mol. The van der Waals surface area contributed by atoms with Crippen molar-refractivity contribution in [2.75, 3.05) is 0 Å². The van der Waals surface area contributed by atoms with Gasteiger partial charge in [-0.2, -0.15) is 0 Å². The Bertz CT molecular complexity index is 178. The van der Waals surface area contributed by atoms with E-state index in [1.807, 2.05) is 12.2 Å². The van der Waals surface area contributed by atoms with Gasteiger partial charge in [-0.25, -0.2) is 0 Å². The van der Waals surface area contributed by atoms with Crippen molar-refractivity contribution in [2.45, 2.75) is 77.0 Å². The lowest BCUT2D eigenvalue weighted by Crippen LogP contribution is -1.80. The quantitative estimate of drug-likeness (QED) is 0.352. The van der Waals surface area contributed by atoms with E-state index in [-0.39, 0.29) is 0 Å². The zero-order valence-corrected chi connectivity index (χ0v) is 12.2. The Kier molecular flexibility index (Phi) is 15.5. The first-order chi connectivity index (χ1) is 8.91. The molecule has 0 fully saturated rings. The van der Waals surface area contributed by atoms with Crippen LogP contribution < -0.4 is 0 Å². The zero-order valence-electron chi connectivity index (χ0n) is 12.2. The Hall–Kier alpha value is -0.780. The maximum atomic E-state index is 3.68. The number of rotatable bonds is 7. The van der Waals surface area contributed by atoms with Gasteiger partial charge in [0.2, 0.25) is 0 Å². The lowest BCUT2D eigenvalue weighted by atomic mass is 10.1. The molecule has 1 aliphatic carbocycles. The number of allylic oxidation sites excluding steroid dienone is 4. The van der Waals surface area contributed by atoms with Crippen LogP contribution in [0.2, 0.25) is 0 Å². The van der Waals surface area contributed by atoms with Crippen molar-refractivity contribution in [2.24, 2.45) is 0 Å². The fraction of sp³-hybridized carbons (Fsp3) is 0.667. The second-order valence-electron chi connectivity index (χ2n) is 5.03. The molecule has 0 amide bonds. The molecule has 0 heteroatoms. The average molecular weight is 248 g/mol. The highest BCUT2D eigenvalue weighted by Crippen LogP contribution is 2.09. The third-order valence-corrected chi connectivity index (χ3v) is 3.22. The summed E-state index contributed by atoms with van der Waals surface area (Å²) in [5.74, 6) is 0. The second kappa shape index (κ2) is 16.2. The molecule has 0 bridgehead atoms. The van der Waals surface area contributed by atoms with Crippen LogP contribution in [0.25, 0.3) is 0 Å². The first kappa shape index (κ1) is 17.2. The number of hydrogen-bond acceptors (Lipinski definition) is 0.